The van der Waals surface area contributed by atoms with E-state index in [0.717, 1.165) is 18.0 Å². The van der Waals surface area contributed by atoms with E-state index < -0.39 is 6.10 Å². The molecule has 6 heteroatoms. The standard InChI is InChI=1S/C26H30N2O4/c1-18-22-12-24-25(31-11-10-30-24)13-23(22)26(8-2-3-9-26)17-28(18)15-20(29)16-32-21-6-4-19(14-27)5-7-21/h4-7,12-13,18,20,29H,2-3,8-11,15-17H2,1H3/t18-,20-/m0/s1. The van der Waals surface area contributed by atoms with Crippen LogP contribution in [0.4, 0.5) is 0 Å². The number of fused-ring (bicyclic) bond motifs is 3. The average molecular weight is 435 g/mol. The molecule has 1 N–H and O–H groups in total. The molecule has 1 saturated carbocycles. The Kier molecular flexibility index (Phi) is 5.71. The summed E-state index contributed by atoms with van der Waals surface area (Å²) in [5, 5.41) is 19.7. The molecule has 2 aromatic carbocycles. The molecule has 6 nitrogen and oxygen atoms in total. The largest absolute Gasteiger partial charge is 0.491 e. The van der Waals surface area contributed by atoms with E-state index in [1.807, 2.05) is 0 Å². The first-order valence-electron chi connectivity index (χ1n) is 11.6. The predicted octanol–water partition coefficient (Wildman–Crippen LogP) is 3.96. The molecule has 0 aromatic heterocycles. The van der Waals surface area contributed by atoms with Gasteiger partial charge in [0.1, 0.15) is 31.7 Å². The SMILES string of the molecule is C[C@H]1c2cc3c(cc2C2(CCCC2)CN1C[C@H](O)COc1ccc(C#N)cc1)OCCO3. The zero-order valence-corrected chi connectivity index (χ0v) is 18.5. The van der Waals surface area contributed by atoms with Crippen LogP contribution >= 0.6 is 0 Å². The number of nitrogens with zero attached hydrogens (tertiary/aromatic N) is 2. The van der Waals surface area contributed by atoms with Gasteiger partial charge in [-0.3, -0.25) is 4.90 Å². The summed E-state index contributed by atoms with van der Waals surface area (Å²) in [6.45, 7) is 5.11. The summed E-state index contributed by atoms with van der Waals surface area (Å²) in [5.41, 5.74) is 3.41. The Morgan fingerprint density at radius 3 is 2.53 bits per heavy atom. The van der Waals surface area contributed by atoms with Crippen LogP contribution in [0, 0.1) is 11.3 Å². The third-order valence-corrected chi connectivity index (χ3v) is 7.22. The van der Waals surface area contributed by atoms with Crippen molar-refractivity contribution in [1.29, 1.82) is 5.26 Å². The van der Waals surface area contributed by atoms with Crippen molar-refractivity contribution < 1.29 is 19.3 Å². The zero-order valence-electron chi connectivity index (χ0n) is 18.5. The number of aliphatic hydroxyl groups excluding tert-OH is 1. The van der Waals surface area contributed by atoms with E-state index in [-0.39, 0.29) is 18.1 Å². The number of rotatable bonds is 5. The fraction of sp³-hybridized carbons (Fsp3) is 0.500. The molecule has 5 rings (SSSR count). The number of hydrogen-bond acceptors (Lipinski definition) is 6. The Balaban J connectivity index is 1.33. The minimum Gasteiger partial charge on any atom is -0.491 e. The van der Waals surface area contributed by atoms with Gasteiger partial charge in [-0.25, -0.2) is 0 Å². The van der Waals surface area contributed by atoms with Crippen molar-refractivity contribution in [2.24, 2.45) is 0 Å². The van der Waals surface area contributed by atoms with E-state index in [1.54, 1.807) is 24.3 Å². The maximum Gasteiger partial charge on any atom is 0.161 e. The van der Waals surface area contributed by atoms with Gasteiger partial charge in [-0.2, -0.15) is 5.26 Å². The first-order valence-corrected chi connectivity index (χ1v) is 11.6. The fourth-order valence-electron chi connectivity index (χ4n) is 5.56. The van der Waals surface area contributed by atoms with Crippen molar-refractivity contribution in [3.05, 3.63) is 53.1 Å². The lowest BCUT2D eigenvalue weighted by Gasteiger charge is -2.47. The second-order valence-electron chi connectivity index (χ2n) is 9.28. The lowest BCUT2D eigenvalue weighted by molar-refractivity contribution is 0.0364. The molecule has 0 bridgehead atoms. The third-order valence-electron chi connectivity index (χ3n) is 7.22. The highest BCUT2D eigenvalue weighted by molar-refractivity contribution is 5.53. The highest BCUT2D eigenvalue weighted by Crippen LogP contribution is 2.51. The van der Waals surface area contributed by atoms with Crippen LogP contribution in [0.25, 0.3) is 0 Å². The van der Waals surface area contributed by atoms with E-state index >= 15 is 0 Å². The van der Waals surface area contributed by atoms with Gasteiger partial charge in [0.2, 0.25) is 0 Å². The maximum atomic E-state index is 10.8. The normalized spacial score (nSPS) is 22.2. The van der Waals surface area contributed by atoms with Gasteiger partial charge in [-0.15, -0.1) is 0 Å². The van der Waals surface area contributed by atoms with Crippen LogP contribution in [0.1, 0.15) is 55.3 Å². The second-order valence-corrected chi connectivity index (χ2v) is 9.28. The number of nitriles is 1. The summed E-state index contributed by atoms with van der Waals surface area (Å²) in [4.78, 5) is 2.40. The zero-order chi connectivity index (χ0) is 22.1. The molecule has 0 amide bonds. The Hall–Kier alpha value is -2.75. The topological polar surface area (TPSA) is 75.0 Å². The van der Waals surface area contributed by atoms with Gasteiger partial charge in [0.15, 0.2) is 11.5 Å². The highest BCUT2D eigenvalue weighted by atomic mass is 16.6. The van der Waals surface area contributed by atoms with E-state index in [0.29, 0.717) is 31.1 Å². The average Bonchev–Trinajstić information content (AvgIpc) is 3.29. The van der Waals surface area contributed by atoms with Crippen LogP contribution in [-0.4, -0.2) is 49.0 Å². The van der Waals surface area contributed by atoms with Gasteiger partial charge in [0, 0.05) is 24.5 Å². The van der Waals surface area contributed by atoms with Crippen molar-refractivity contribution >= 4 is 0 Å². The molecule has 1 spiro atoms. The van der Waals surface area contributed by atoms with Crippen molar-refractivity contribution in [3.8, 4) is 23.3 Å². The van der Waals surface area contributed by atoms with Crippen molar-refractivity contribution in [1.82, 2.24) is 4.90 Å². The molecular formula is C26H30N2O4. The third kappa shape index (κ3) is 3.92. The molecule has 1 fully saturated rings. The summed E-state index contributed by atoms with van der Waals surface area (Å²) in [6, 6.07) is 13.7. The second kappa shape index (κ2) is 8.65. The summed E-state index contributed by atoms with van der Waals surface area (Å²) in [6.07, 6.45) is 4.20. The van der Waals surface area contributed by atoms with Crippen molar-refractivity contribution in [3.63, 3.8) is 0 Å². The van der Waals surface area contributed by atoms with Crippen LogP contribution in [-0.2, 0) is 5.41 Å². The number of benzene rings is 2. The van der Waals surface area contributed by atoms with Crippen LogP contribution in [0.3, 0.4) is 0 Å². The highest BCUT2D eigenvalue weighted by Gasteiger charge is 2.45. The van der Waals surface area contributed by atoms with Gasteiger partial charge in [-0.1, -0.05) is 12.8 Å². The molecule has 0 radical (unpaired) electrons. The minimum atomic E-state index is -0.606. The summed E-state index contributed by atoms with van der Waals surface area (Å²) in [7, 11) is 0. The van der Waals surface area contributed by atoms with Gasteiger partial charge in [-0.05, 0) is 67.3 Å². The van der Waals surface area contributed by atoms with Gasteiger partial charge in [0.25, 0.3) is 0 Å². The molecule has 2 aromatic rings. The number of aliphatic hydroxyl groups is 1. The molecule has 2 aliphatic heterocycles. The Morgan fingerprint density at radius 2 is 1.84 bits per heavy atom. The van der Waals surface area contributed by atoms with Crippen LogP contribution < -0.4 is 14.2 Å². The van der Waals surface area contributed by atoms with Gasteiger partial charge >= 0.3 is 0 Å². The molecule has 2 atom stereocenters. The Morgan fingerprint density at radius 1 is 1.16 bits per heavy atom. The summed E-state index contributed by atoms with van der Waals surface area (Å²) < 4.78 is 17.6. The quantitative estimate of drug-likeness (QED) is 0.768. The van der Waals surface area contributed by atoms with E-state index in [4.69, 9.17) is 19.5 Å². The molecule has 3 aliphatic rings. The predicted molar refractivity (Wildman–Crippen MR) is 120 cm³/mol. The molecule has 0 saturated heterocycles. The first-order chi connectivity index (χ1) is 15.6. The molecule has 1 aliphatic carbocycles. The van der Waals surface area contributed by atoms with Crippen LogP contribution in [0.15, 0.2) is 36.4 Å². The first kappa shape index (κ1) is 21.1. The number of ether oxygens (including phenoxy) is 3. The maximum absolute atomic E-state index is 10.8. The smallest absolute Gasteiger partial charge is 0.161 e. The van der Waals surface area contributed by atoms with Crippen LogP contribution in [0.2, 0.25) is 0 Å². The van der Waals surface area contributed by atoms with E-state index in [9.17, 15) is 5.11 Å². The lowest BCUT2D eigenvalue weighted by atomic mass is 9.71. The molecule has 2 heterocycles. The van der Waals surface area contributed by atoms with E-state index in [2.05, 4.69) is 30.0 Å². The Labute approximate surface area is 189 Å². The van der Waals surface area contributed by atoms with E-state index in [1.165, 1.54) is 36.8 Å². The van der Waals surface area contributed by atoms with Gasteiger partial charge < -0.3 is 19.3 Å². The molecule has 32 heavy (non-hydrogen) atoms. The minimum absolute atomic E-state index is 0.116. The molecule has 168 valence electrons. The van der Waals surface area contributed by atoms with Crippen LogP contribution in [0.5, 0.6) is 17.2 Å². The fourth-order valence-corrected chi connectivity index (χ4v) is 5.56. The monoisotopic (exact) mass is 434 g/mol. The summed E-state index contributed by atoms with van der Waals surface area (Å²) >= 11 is 0. The Bertz CT molecular complexity index is 1010. The lowest BCUT2D eigenvalue weighted by Crippen LogP contribution is -2.49. The molecule has 0 unspecified atom stereocenters. The summed E-state index contributed by atoms with van der Waals surface area (Å²) in [5.74, 6) is 2.37. The number of β-amino-alcohol motifs (C(OH)–C–C–N with tert-alkyl or cyclic N) is 1. The number of hydrogen-bond donors (Lipinski definition) is 1. The van der Waals surface area contributed by atoms with Gasteiger partial charge in [0.05, 0.1) is 11.6 Å². The van der Waals surface area contributed by atoms with Crippen molar-refractivity contribution in [2.45, 2.75) is 50.2 Å². The molecular weight excluding hydrogens is 404 g/mol. The van der Waals surface area contributed by atoms with Crippen molar-refractivity contribution in [2.75, 3.05) is 32.9 Å².